The molecule has 2 nitrogen and oxygen atoms in total. The Morgan fingerprint density at radius 1 is 1.08 bits per heavy atom. The molecule has 0 bridgehead atoms. The van der Waals surface area contributed by atoms with Gasteiger partial charge >= 0.3 is 0 Å². The molecule has 0 saturated heterocycles. The van der Waals surface area contributed by atoms with Crippen LogP contribution in [0.15, 0.2) is 40.8 Å². The van der Waals surface area contributed by atoms with Crippen LogP contribution in [0, 0.1) is 19.8 Å². The largest absolute Gasteiger partial charge is 0.441 e. The van der Waals surface area contributed by atoms with Gasteiger partial charge in [-0.1, -0.05) is 42.7 Å². The molecule has 0 amide bonds. The first-order chi connectivity index (χ1) is 11.6. The molecule has 1 heterocycles. The molecule has 24 heavy (non-hydrogen) atoms. The molecule has 1 saturated carbocycles. The van der Waals surface area contributed by atoms with Gasteiger partial charge in [-0.05, 0) is 70.4 Å². The lowest BCUT2D eigenvalue weighted by molar-refractivity contribution is 0.371. The average Bonchev–Trinajstić information content (AvgIpc) is 2.95. The minimum absolute atomic E-state index is 0.758. The highest BCUT2D eigenvalue weighted by Gasteiger charge is 2.15. The zero-order valence-corrected chi connectivity index (χ0v) is 15.1. The summed E-state index contributed by atoms with van der Waals surface area (Å²) >= 11 is 0. The highest BCUT2D eigenvalue weighted by molar-refractivity contribution is 5.54. The Labute approximate surface area is 146 Å². The smallest absolute Gasteiger partial charge is 0.226 e. The van der Waals surface area contributed by atoms with E-state index in [4.69, 9.17) is 9.40 Å². The van der Waals surface area contributed by atoms with E-state index in [1.54, 1.807) is 0 Å². The first-order valence-electron chi connectivity index (χ1n) is 9.32. The Bertz CT molecular complexity index is 670. The van der Waals surface area contributed by atoms with E-state index in [1.807, 2.05) is 6.92 Å². The van der Waals surface area contributed by atoms with Crippen molar-refractivity contribution in [1.82, 2.24) is 4.98 Å². The van der Waals surface area contributed by atoms with E-state index in [0.717, 1.165) is 35.2 Å². The number of aromatic nitrogens is 1. The molecule has 128 valence electrons. The molecule has 0 spiro atoms. The fourth-order valence-corrected chi connectivity index (χ4v) is 3.58. The van der Waals surface area contributed by atoms with Gasteiger partial charge in [0.25, 0.3) is 0 Å². The molecule has 1 aromatic carbocycles. The van der Waals surface area contributed by atoms with Crippen molar-refractivity contribution in [3.8, 4) is 11.5 Å². The maximum absolute atomic E-state index is 5.88. The Hall–Kier alpha value is -1.83. The predicted octanol–water partition coefficient (Wildman–Crippen LogP) is 6.42. The lowest BCUT2D eigenvalue weighted by atomic mass is 9.83. The van der Waals surface area contributed by atoms with Gasteiger partial charge in [-0.3, -0.25) is 0 Å². The lowest BCUT2D eigenvalue weighted by Crippen LogP contribution is -2.07. The third-order valence-corrected chi connectivity index (χ3v) is 5.28. The van der Waals surface area contributed by atoms with Crippen LogP contribution in [-0.2, 0) is 6.42 Å². The Kier molecular flexibility index (Phi) is 5.55. The summed E-state index contributed by atoms with van der Waals surface area (Å²) in [5.41, 5.74) is 4.90. The molecule has 0 aliphatic heterocycles. The van der Waals surface area contributed by atoms with Crippen molar-refractivity contribution in [2.45, 2.75) is 65.2 Å². The van der Waals surface area contributed by atoms with Gasteiger partial charge in [-0.15, -0.1) is 0 Å². The number of allylic oxidation sites excluding steroid dienone is 1. The number of hydrogen-bond donors (Lipinski definition) is 0. The monoisotopic (exact) mass is 323 g/mol. The molecule has 3 rings (SSSR count). The van der Waals surface area contributed by atoms with Crippen LogP contribution in [0.5, 0.6) is 0 Å². The molecular formula is C22H29NO. The van der Waals surface area contributed by atoms with Gasteiger partial charge in [0.1, 0.15) is 5.76 Å². The van der Waals surface area contributed by atoms with E-state index >= 15 is 0 Å². The van der Waals surface area contributed by atoms with Gasteiger partial charge in [-0.25, -0.2) is 4.98 Å². The molecule has 0 atom stereocenters. The van der Waals surface area contributed by atoms with Crippen molar-refractivity contribution in [3.63, 3.8) is 0 Å². The van der Waals surface area contributed by atoms with E-state index in [2.05, 4.69) is 37.8 Å². The fraction of sp³-hybridized carbons (Fsp3) is 0.500. The maximum atomic E-state index is 5.88. The quantitative estimate of drug-likeness (QED) is 0.453. The molecule has 1 aliphatic carbocycles. The van der Waals surface area contributed by atoms with E-state index in [0.29, 0.717) is 0 Å². The van der Waals surface area contributed by atoms with Crippen LogP contribution in [0.1, 0.15) is 62.0 Å². The van der Waals surface area contributed by atoms with Crippen LogP contribution >= 0.6 is 0 Å². The second kappa shape index (κ2) is 7.83. The molecule has 2 aromatic rings. The number of hydrogen-bond acceptors (Lipinski definition) is 2. The van der Waals surface area contributed by atoms with Gasteiger partial charge in [0.2, 0.25) is 5.89 Å². The number of nitrogens with zero attached hydrogens (tertiary/aromatic N) is 1. The van der Waals surface area contributed by atoms with E-state index in [1.165, 1.54) is 56.1 Å². The summed E-state index contributed by atoms with van der Waals surface area (Å²) in [6.07, 6.45) is 10.1. The van der Waals surface area contributed by atoms with E-state index in [-0.39, 0.29) is 0 Å². The predicted molar refractivity (Wildman–Crippen MR) is 100 cm³/mol. The zero-order chi connectivity index (χ0) is 16.9. The van der Waals surface area contributed by atoms with Crippen molar-refractivity contribution in [3.05, 3.63) is 53.4 Å². The van der Waals surface area contributed by atoms with Crippen LogP contribution in [0.2, 0.25) is 0 Å². The topological polar surface area (TPSA) is 26.0 Å². The number of unbranched alkanes of at least 4 members (excludes halogenated alkanes) is 1. The highest BCUT2D eigenvalue weighted by Crippen LogP contribution is 2.30. The molecule has 1 aromatic heterocycles. The first-order valence-corrected chi connectivity index (χ1v) is 9.32. The van der Waals surface area contributed by atoms with Crippen molar-refractivity contribution >= 4 is 0 Å². The summed E-state index contributed by atoms with van der Waals surface area (Å²) in [5, 5.41) is 0. The number of benzene rings is 1. The van der Waals surface area contributed by atoms with Crippen molar-refractivity contribution in [2.75, 3.05) is 0 Å². The molecule has 2 heteroatoms. The Balaban J connectivity index is 1.49. The lowest BCUT2D eigenvalue weighted by Gasteiger charge is -2.23. The number of oxazole rings is 1. The minimum Gasteiger partial charge on any atom is -0.441 e. The third kappa shape index (κ3) is 4.37. The maximum Gasteiger partial charge on any atom is 0.226 e. The van der Waals surface area contributed by atoms with Gasteiger partial charge in [0.15, 0.2) is 0 Å². The summed E-state index contributed by atoms with van der Waals surface area (Å²) in [6.45, 7) is 8.24. The summed E-state index contributed by atoms with van der Waals surface area (Å²) in [6, 6.07) is 8.38. The summed E-state index contributed by atoms with van der Waals surface area (Å²) in [4.78, 5) is 4.73. The van der Waals surface area contributed by atoms with Gasteiger partial charge in [0.05, 0.1) is 5.69 Å². The average molecular weight is 323 g/mol. The van der Waals surface area contributed by atoms with Gasteiger partial charge in [-0.2, -0.15) is 0 Å². The highest BCUT2D eigenvalue weighted by atomic mass is 16.4. The standard InChI is InChI=1S/C22H29NO/c1-16-8-12-19(13-9-16)6-4-5-7-21-18(3)24-22(23-21)20-14-10-17(2)11-15-20/h10-11,14-15,19H,1,4-9,12-13H2,2-3H3. The number of aryl methyl sites for hydroxylation is 3. The number of rotatable bonds is 6. The SMILES string of the molecule is C=C1CCC(CCCCc2nc(-c3ccc(C)cc3)oc2C)CC1. The first kappa shape index (κ1) is 17.0. The Morgan fingerprint density at radius 3 is 2.50 bits per heavy atom. The van der Waals surface area contributed by atoms with E-state index < -0.39 is 0 Å². The molecule has 0 unspecified atom stereocenters. The molecule has 0 N–H and O–H groups in total. The normalized spacial score (nSPS) is 15.8. The van der Waals surface area contributed by atoms with Crippen molar-refractivity contribution in [1.29, 1.82) is 0 Å². The summed E-state index contributed by atoms with van der Waals surface area (Å²) in [7, 11) is 0. The van der Waals surface area contributed by atoms with E-state index in [9.17, 15) is 0 Å². The van der Waals surface area contributed by atoms with Crippen LogP contribution < -0.4 is 0 Å². The van der Waals surface area contributed by atoms with Crippen LogP contribution in [0.3, 0.4) is 0 Å². The minimum atomic E-state index is 0.758. The fourth-order valence-electron chi connectivity index (χ4n) is 3.58. The third-order valence-electron chi connectivity index (χ3n) is 5.28. The van der Waals surface area contributed by atoms with Gasteiger partial charge < -0.3 is 4.42 Å². The second-order valence-electron chi connectivity index (χ2n) is 7.33. The molecular weight excluding hydrogens is 294 g/mol. The molecule has 0 radical (unpaired) electrons. The van der Waals surface area contributed by atoms with Crippen molar-refractivity contribution in [2.24, 2.45) is 5.92 Å². The molecule has 1 aliphatic rings. The Morgan fingerprint density at radius 2 is 1.79 bits per heavy atom. The summed E-state index contributed by atoms with van der Waals surface area (Å²) < 4.78 is 5.88. The zero-order valence-electron chi connectivity index (χ0n) is 15.1. The van der Waals surface area contributed by atoms with Crippen LogP contribution in [-0.4, -0.2) is 4.98 Å². The van der Waals surface area contributed by atoms with Crippen LogP contribution in [0.4, 0.5) is 0 Å². The van der Waals surface area contributed by atoms with Crippen LogP contribution in [0.25, 0.3) is 11.5 Å². The second-order valence-corrected chi connectivity index (χ2v) is 7.33. The van der Waals surface area contributed by atoms with Crippen molar-refractivity contribution < 1.29 is 4.42 Å². The van der Waals surface area contributed by atoms with Gasteiger partial charge in [0, 0.05) is 5.56 Å². The molecule has 1 fully saturated rings. The summed E-state index contributed by atoms with van der Waals surface area (Å²) in [5.74, 6) is 2.64.